The van der Waals surface area contributed by atoms with Crippen molar-refractivity contribution in [1.82, 2.24) is 10.6 Å². The summed E-state index contributed by atoms with van der Waals surface area (Å²) >= 11 is 0. The summed E-state index contributed by atoms with van der Waals surface area (Å²) in [6.45, 7) is 3.04. The molecular weight excluding hydrogens is 244 g/mol. The molecule has 0 atom stereocenters. The third kappa shape index (κ3) is 5.09. The summed E-state index contributed by atoms with van der Waals surface area (Å²) in [5, 5.41) is 14.8. The summed E-state index contributed by atoms with van der Waals surface area (Å²) in [6, 6.07) is -0.246. The molecule has 5 heteroatoms. The van der Waals surface area contributed by atoms with Gasteiger partial charge in [0.2, 0.25) is 0 Å². The summed E-state index contributed by atoms with van der Waals surface area (Å²) in [5.41, 5.74) is -0.737. The van der Waals surface area contributed by atoms with Crippen LogP contribution in [0.15, 0.2) is 0 Å². The van der Waals surface area contributed by atoms with E-state index in [-0.39, 0.29) is 12.6 Å². The molecule has 0 aromatic heterocycles. The minimum atomic E-state index is -0.784. The first-order chi connectivity index (χ1) is 9.10. The third-order valence-corrected chi connectivity index (χ3v) is 3.92. The predicted octanol–water partition coefficient (Wildman–Crippen LogP) is 2.51. The molecule has 1 aliphatic rings. The lowest BCUT2D eigenvalue weighted by Gasteiger charge is -2.24. The Labute approximate surface area is 115 Å². The van der Waals surface area contributed by atoms with Gasteiger partial charge in [-0.3, -0.25) is 4.79 Å². The molecule has 1 saturated carbocycles. The minimum absolute atomic E-state index is 0.239. The van der Waals surface area contributed by atoms with E-state index >= 15 is 0 Å². The van der Waals surface area contributed by atoms with E-state index in [2.05, 4.69) is 17.6 Å². The van der Waals surface area contributed by atoms with Gasteiger partial charge in [0.15, 0.2) is 0 Å². The second-order valence-corrected chi connectivity index (χ2v) is 5.46. The molecule has 1 fully saturated rings. The zero-order chi connectivity index (χ0) is 14.1. The van der Waals surface area contributed by atoms with Crippen LogP contribution >= 0.6 is 0 Å². The SMILES string of the molecule is CCCCCCNC(=O)NCC1(C(=O)O)CCCC1. The number of rotatable bonds is 8. The molecule has 0 spiro atoms. The molecule has 0 aliphatic heterocycles. The van der Waals surface area contributed by atoms with E-state index < -0.39 is 11.4 Å². The average molecular weight is 270 g/mol. The van der Waals surface area contributed by atoms with Gasteiger partial charge in [-0.05, 0) is 19.3 Å². The average Bonchev–Trinajstić information content (AvgIpc) is 2.86. The molecule has 0 aromatic carbocycles. The highest BCUT2D eigenvalue weighted by atomic mass is 16.4. The summed E-state index contributed by atoms with van der Waals surface area (Å²) in [5.74, 6) is -0.784. The number of aliphatic carboxylic acids is 1. The molecule has 0 bridgehead atoms. The van der Waals surface area contributed by atoms with Gasteiger partial charge < -0.3 is 15.7 Å². The summed E-state index contributed by atoms with van der Waals surface area (Å²) in [7, 11) is 0. The molecule has 0 unspecified atom stereocenters. The van der Waals surface area contributed by atoms with Crippen molar-refractivity contribution in [1.29, 1.82) is 0 Å². The highest BCUT2D eigenvalue weighted by Gasteiger charge is 2.41. The number of hydrogen-bond donors (Lipinski definition) is 3. The molecular formula is C14H26N2O3. The van der Waals surface area contributed by atoms with Crippen molar-refractivity contribution in [2.75, 3.05) is 13.1 Å². The molecule has 110 valence electrons. The topological polar surface area (TPSA) is 78.4 Å². The first-order valence-electron chi connectivity index (χ1n) is 7.36. The van der Waals surface area contributed by atoms with Gasteiger partial charge in [0.1, 0.15) is 0 Å². The van der Waals surface area contributed by atoms with Crippen LogP contribution in [0.3, 0.4) is 0 Å². The van der Waals surface area contributed by atoms with Crippen molar-refractivity contribution < 1.29 is 14.7 Å². The number of carbonyl (C=O) groups is 2. The number of carbonyl (C=O) groups excluding carboxylic acids is 1. The Morgan fingerprint density at radius 1 is 1.11 bits per heavy atom. The van der Waals surface area contributed by atoms with E-state index in [4.69, 9.17) is 0 Å². The standard InChI is InChI=1S/C14H26N2O3/c1-2-3-4-7-10-15-13(19)16-11-14(12(17)18)8-5-6-9-14/h2-11H2,1H3,(H,17,18)(H2,15,16,19). The Hall–Kier alpha value is -1.26. The molecule has 3 N–H and O–H groups in total. The Morgan fingerprint density at radius 2 is 1.79 bits per heavy atom. The Kier molecular flexibility index (Phi) is 6.67. The maximum Gasteiger partial charge on any atom is 0.314 e. The smallest absolute Gasteiger partial charge is 0.314 e. The van der Waals surface area contributed by atoms with Crippen LogP contribution in [0.5, 0.6) is 0 Å². The monoisotopic (exact) mass is 270 g/mol. The van der Waals surface area contributed by atoms with Gasteiger partial charge >= 0.3 is 12.0 Å². The normalized spacial score (nSPS) is 17.1. The number of urea groups is 1. The molecule has 5 nitrogen and oxygen atoms in total. The zero-order valence-electron chi connectivity index (χ0n) is 11.8. The second kappa shape index (κ2) is 8.02. The van der Waals surface area contributed by atoms with Gasteiger partial charge in [-0.15, -0.1) is 0 Å². The van der Waals surface area contributed by atoms with Crippen LogP contribution in [0.1, 0.15) is 58.3 Å². The molecule has 0 radical (unpaired) electrons. The van der Waals surface area contributed by atoms with Crippen molar-refractivity contribution in [3.8, 4) is 0 Å². The Balaban J connectivity index is 2.20. The fourth-order valence-electron chi connectivity index (χ4n) is 2.58. The zero-order valence-corrected chi connectivity index (χ0v) is 11.8. The summed E-state index contributed by atoms with van der Waals surface area (Å²) < 4.78 is 0. The van der Waals surface area contributed by atoms with Crippen LogP contribution in [-0.4, -0.2) is 30.2 Å². The van der Waals surface area contributed by atoms with Crippen LogP contribution in [0.25, 0.3) is 0 Å². The molecule has 0 aromatic rings. The van der Waals surface area contributed by atoms with Crippen molar-refractivity contribution in [3.63, 3.8) is 0 Å². The lowest BCUT2D eigenvalue weighted by Crippen LogP contribution is -2.45. The number of unbranched alkanes of at least 4 members (excludes halogenated alkanes) is 3. The third-order valence-electron chi connectivity index (χ3n) is 3.92. The predicted molar refractivity (Wildman–Crippen MR) is 74.1 cm³/mol. The van der Waals surface area contributed by atoms with E-state index in [1.54, 1.807) is 0 Å². The van der Waals surface area contributed by atoms with Crippen molar-refractivity contribution in [2.24, 2.45) is 5.41 Å². The largest absolute Gasteiger partial charge is 0.481 e. The highest BCUT2D eigenvalue weighted by molar-refractivity contribution is 5.78. The van der Waals surface area contributed by atoms with Gasteiger partial charge in [0.05, 0.1) is 5.41 Å². The van der Waals surface area contributed by atoms with E-state index in [1.165, 1.54) is 12.8 Å². The second-order valence-electron chi connectivity index (χ2n) is 5.46. The maximum atomic E-state index is 11.6. The van der Waals surface area contributed by atoms with Gasteiger partial charge in [-0.2, -0.15) is 0 Å². The lowest BCUT2D eigenvalue weighted by molar-refractivity contribution is -0.148. The fraction of sp³-hybridized carbons (Fsp3) is 0.857. The molecule has 1 rings (SSSR count). The van der Waals surface area contributed by atoms with Crippen molar-refractivity contribution >= 4 is 12.0 Å². The van der Waals surface area contributed by atoms with Crippen LogP contribution in [0.4, 0.5) is 4.79 Å². The van der Waals surface area contributed by atoms with Crippen molar-refractivity contribution in [3.05, 3.63) is 0 Å². The van der Waals surface area contributed by atoms with Gasteiger partial charge in [-0.1, -0.05) is 39.0 Å². The summed E-state index contributed by atoms with van der Waals surface area (Å²) in [6.07, 6.45) is 7.66. The number of carboxylic acids is 1. The molecule has 0 saturated heterocycles. The first-order valence-corrected chi connectivity index (χ1v) is 7.36. The Bertz CT molecular complexity index is 299. The van der Waals surface area contributed by atoms with Crippen LogP contribution in [-0.2, 0) is 4.79 Å². The quantitative estimate of drug-likeness (QED) is 0.593. The molecule has 1 aliphatic carbocycles. The van der Waals surface area contributed by atoms with E-state index in [0.29, 0.717) is 19.4 Å². The fourth-order valence-corrected chi connectivity index (χ4v) is 2.58. The lowest BCUT2D eigenvalue weighted by atomic mass is 9.86. The van der Waals surface area contributed by atoms with Crippen LogP contribution < -0.4 is 10.6 Å². The molecule has 19 heavy (non-hydrogen) atoms. The van der Waals surface area contributed by atoms with E-state index in [9.17, 15) is 14.7 Å². The number of carboxylic acid groups (broad SMARTS) is 1. The number of amides is 2. The van der Waals surface area contributed by atoms with Crippen LogP contribution in [0.2, 0.25) is 0 Å². The minimum Gasteiger partial charge on any atom is -0.481 e. The van der Waals surface area contributed by atoms with Gasteiger partial charge in [0, 0.05) is 13.1 Å². The Morgan fingerprint density at radius 3 is 2.37 bits per heavy atom. The first kappa shape index (κ1) is 15.8. The highest BCUT2D eigenvalue weighted by Crippen LogP contribution is 2.37. The van der Waals surface area contributed by atoms with Gasteiger partial charge in [0.25, 0.3) is 0 Å². The van der Waals surface area contributed by atoms with Crippen LogP contribution in [0, 0.1) is 5.41 Å². The maximum absolute atomic E-state index is 11.6. The number of nitrogens with one attached hydrogen (secondary N) is 2. The molecule has 0 heterocycles. The van der Waals surface area contributed by atoms with E-state index in [0.717, 1.165) is 25.7 Å². The molecule has 2 amide bonds. The summed E-state index contributed by atoms with van der Waals surface area (Å²) in [4.78, 5) is 22.9. The van der Waals surface area contributed by atoms with Gasteiger partial charge in [-0.25, -0.2) is 4.79 Å². The van der Waals surface area contributed by atoms with Crippen molar-refractivity contribution in [2.45, 2.75) is 58.3 Å². The van der Waals surface area contributed by atoms with E-state index in [1.807, 2.05) is 0 Å². The number of hydrogen-bond acceptors (Lipinski definition) is 2.